The minimum absolute atomic E-state index is 0.282. The topological polar surface area (TPSA) is 58.8 Å². The average Bonchev–Trinajstić information content (AvgIpc) is 2.40. The van der Waals surface area contributed by atoms with Gasteiger partial charge in [-0.3, -0.25) is 4.98 Å². The first-order valence-electron chi connectivity index (χ1n) is 5.15. The van der Waals surface area contributed by atoms with Gasteiger partial charge in [-0.15, -0.1) is 0 Å². The predicted molar refractivity (Wildman–Crippen MR) is 63.3 cm³/mol. The summed E-state index contributed by atoms with van der Waals surface area (Å²) in [6.45, 7) is 0. The van der Waals surface area contributed by atoms with Crippen molar-refractivity contribution in [2.45, 2.75) is 6.42 Å². The quantitative estimate of drug-likeness (QED) is 0.803. The SMILES string of the molecule is COc1ncc(-c2cccnc2)cc1CC#N. The molecule has 4 heteroatoms. The van der Waals surface area contributed by atoms with Gasteiger partial charge in [-0.25, -0.2) is 4.98 Å². The van der Waals surface area contributed by atoms with Crippen LogP contribution in [0.15, 0.2) is 36.8 Å². The summed E-state index contributed by atoms with van der Waals surface area (Å²) in [6, 6.07) is 7.83. The molecule has 0 fully saturated rings. The molecule has 0 amide bonds. The van der Waals surface area contributed by atoms with Crippen molar-refractivity contribution in [2.24, 2.45) is 0 Å². The Hall–Kier alpha value is -2.41. The molecule has 0 radical (unpaired) electrons. The zero-order valence-corrected chi connectivity index (χ0v) is 9.42. The molecule has 0 aromatic carbocycles. The van der Waals surface area contributed by atoms with Gasteiger partial charge in [0, 0.05) is 35.3 Å². The van der Waals surface area contributed by atoms with Crippen LogP contribution in [0.5, 0.6) is 5.88 Å². The third-order valence-corrected chi connectivity index (χ3v) is 2.38. The Balaban J connectivity index is 2.44. The molecule has 0 spiro atoms. The average molecular weight is 225 g/mol. The highest BCUT2D eigenvalue weighted by atomic mass is 16.5. The van der Waals surface area contributed by atoms with E-state index in [1.807, 2.05) is 18.2 Å². The van der Waals surface area contributed by atoms with Crippen LogP contribution >= 0.6 is 0 Å². The maximum Gasteiger partial charge on any atom is 0.217 e. The van der Waals surface area contributed by atoms with Crippen LogP contribution in [0.4, 0.5) is 0 Å². The summed E-state index contributed by atoms with van der Waals surface area (Å²) in [7, 11) is 1.55. The van der Waals surface area contributed by atoms with Crippen LogP contribution in [-0.4, -0.2) is 17.1 Å². The molecule has 17 heavy (non-hydrogen) atoms. The molecule has 0 atom stereocenters. The number of nitrogens with zero attached hydrogens (tertiary/aromatic N) is 3. The molecule has 0 unspecified atom stereocenters. The van der Waals surface area contributed by atoms with Crippen LogP contribution in [0.3, 0.4) is 0 Å². The van der Waals surface area contributed by atoms with E-state index >= 15 is 0 Å². The molecular formula is C13H11N3O. The number of rotatable bonds is 3. The van der Waals surface area contributed by atoms with E-state index in [1.165, 1.54) is 0 Å². The van der Waals surface area contributed by atoms with E-state index in [9.17, 15) is 0 Å². The van der Waals surface area contributed by atoms with Crippen LogP contribution < -0.4 is 4.74 Å². The molecule has 2 aromatic heterocycles. The second-order valence-corrected chi connectivity index (χ2v) is 3.47. The van der Waals surface area contributed by atoms with E-state index in [1.54, 1.807) is 25.7 Å². The number of pyridine rings is 2. The fraction of sp³-hybridized carbons (Fsp3) is 0.154. The Kier molecular flexibility index (Phi) is 3.31. The Labute approximate surface area is 99.5 Å². The Morgan fingerprint density at radius 3 is 2.88 bits per heavy atom. The van der Waals surface area contributed by atoms with Crippen molar-refractivity contribution in [1.82, 2.24) is 9.97 Å². The lowest BCUT2D eigenvalue weighted by molar-refractivity contribution is 0.394. The normalized spacial score (nSPS) is 9.65. The minimum Gasteiger partial charge on any atom is -0.481 e. The molecule has 2 rings (SSSR count). The van der Waals surface area contributed by atoms with Crippen molar-refractivity contribution in [3.05, 3.63) is 42.4 Å². The minimum atomic E-state index is 0.282. The van der Waals surface area contributed by atoms with Gasteiger partial charge in [-0.1, -0.05) is 6.07 Å². The lowest BCUT2D eigenvalue weighted by Crippen LogP contribution is -1.95. The predicted octanol–water partition coefficient (Wildman–Crippen LogP) is 2.22. The van der Waals surface area contributed by atoms with E-state index < -0.39 is 0 Å². The maximum absolute atomic E-state index is 8.76. The smallest absolute Gasteiger partial charge is 0.217 e. The van der Waals surface area contributed by atoms with Crippen LogP contribution in [0.1, 0.15) is 5.56 Å². The molecule has 2 aromatic rings. The first-order chi connectivity index (χ1) is 8.35. The fourth-order valence-corrected chi connectivity index (χ4v) is 1.58. The summed E-state index contributed by atoms with van der Waals surface area (Å²) < 4.78 is 5.11. The van der Waals surface area contributed by atoms with Gasteiger partial charge in [0.15, 0.2) is 0 Å². The van der Waals surface area contributed by atoms with Crippen LogP contribution in [0.25, 0.3) is 11.1 Å². The highest BCUT2D eigenvalue weighted by Gasteiger charge is 2.07. The number of nitriles is 1. The van der Waals surface area contributed by atoms with E-state index in [2.05, 4.69) is 16.0 Å². The van der Waals surface area contributed by atoms with Gasteiger partial charge in [-0.05, 0) is 12.1 Å². The molecule has 0 saturated carbocycles. The highest BCUT2D eigenvalue weighted by Crippen LogP contribution is 2.23. The molecule has 0 aliphatic carbocycles. The summed E-state index contributed by atoms with van der Waals surface area (Å²) in [6.07, 6.45) is 5.48. The number of hydrogen-bond donors (Lipinski definition) is 0. The summed E-state index contributed by atoms with van der Waals surface area (Å²) in [4.78, 5) is 8.25. The Bertz CT molecular complexity index is 546. The third-order valence-electron chi connectivity index (χ3n) is 2.38. The summed E-state index contributed by atoms with van der Waals surface area (Å²) in [5.74, 6) is 0.499. The highest BCUT2D eigenvalue weighted by molar-refractivity contribution is 5.63. The van der Waals surface area contributed by atoms with E-state index in [0.29, 0.717) is 5.88 Å². The molecule has 0 aliphatic rings. The fourth-order valence-electron chi connectivity index (χ4n) is 1.58. The molecule has 0 bridgehead atoms. The van der Waals surface area contributed by atoms with Gasteiger partial charge >= 0.3 is 0 Å². The van der Waals surface area contributed by atoms with Crippen molar-refractivity contribution in [3.8, 4) is 23.1 Å². The Morgan fingerprint density at radius 1 is 1.35 bits per heavy atom. The summed E-state index contributed by atoms with van der Waals surface area (Å²) in [5.41, 5.74) is 2.70. The number of hydrogen-bond acceptors (Lipinski definition) is 4. The Morgan fingerprint density at radius 2 is 2.24 bits per heavy atom. The first-order valence-corrected chi connectivity index (χ1v) is 5.15. The van der Waals surface area contributed by atoms with Gasteiger partial charge in [0.05, 0.1) is 19.6 Å². The van der Waals surface area contributed by atoms with Crippen molar-refractivity contribution in [3.63, 3.8) is 0 Å². The van der Waals surface area contributed by atoms with Crippen LogP contribution in [0.2, 0.25) is 0 Å². The first kappa shape index (κ1) is 11.1. The standard InChI is InChI=1S/C13H11N3O/c1-17-13-10(4-5-14)7-12(9-16-13)11-3-2-6-15-8-11/h2-3,6-9H,4H2,1H3. The monoisotopic (exact) mass is 225 g/mol. The zero-order valence-electron chi connectivity index (χ0n) is 9.42. The zero-order chi connectivity index (χ0) is 12.1. The van der Waals surface area contributed by atoms with Crippen molar-refractivity contribution < 1.29 is 4.74 Å². The molecule has 84 valence electrons. The van der Waals surface area contributed by atoms with Gasteiger partial charge in [0.2, 0.25) is 5.88 Å². The largest absolute Gasteiger partial charge is 0.481 e. The van der Waals surface area contributed by atoms with Gasteiger partial charge in [0.1, 0.15) is 0 Å². The number of aromatic nitrogens is 2. The lowest BCUT2D eigenvalue weighted by Gasteiger charge is -2.07. The molecule has 0 saturated heterocycles. The van der Waals surface area contributed by atoms with Crippen LogP contribution in [-0.2, 0) is 6.42 Å². The van der Waals surface area contributed by atoms with E-state index in [4.69, 9.17) is 10.00 Å². The third kappa shape index (κ3) is 2.40. The molecule has 4 nitrogen and oxygen atoms in total. The van der Waals surface area contributed by atoms with E-state index in [-0.39, 0.29) is 6.42 Å². The van der Waals surface area contributed by atoms with Crippen LogP contribution in [0, 0.1) is 11.3 Å². The van der Waals surface area contributed by atoms with Gasteiger partial charge in [0.25, 0.3) is 0 Å². The second-order valence-electron chi connectivity index (χ2n) is 3.47. The van der Waals surface area contributed by atoms with Gasteiger partial charge in [-0.2, -0.15) is 5.26 Å². The number of ether oxygens (including phenoxy) is 1. The molecular weight excluding hydrogens is 214 g/mol. The maximum atomic E-state index is 8.76. The number of methoxy groups -OCH3 is 1. The van der Waals surface area contributed by atoms with E-state index in [0.717, 1.165) is 16.7 Å². The lowest BCUT2D eigenvalue weighted by atomic mass is 10.1. The molecule has 0 N–H and O–H groups in total. The second kappa shape index (κ2) is 5.08. The van der Waals surface area contributed by atoms with Crippen molar-refractivity contribution in [2.75, 3.05) is 7.11 Å². The molecule has 0 aliphatic heterocycles. The van der Waals surface area contributed by atoms with Crippen molar-refractivity contribution in [1.29, 1.82) is 5.26 Å². The van der Waals surface area contributed by atoms with Gasteiger partial charge < -0.3 is 4.74 Å². The van der Waals surface area contributed by atoms with Crippen molar-refractivity contribution >= 4 is 0 Å². The summed E-state index contributed by atoms with van der Waals surface area (Å²) >= 11 is 0. The molecule has 2 heterocycles. The summed E-state index contributed by atoms with van der Waals surface area (Å²) in [5, 5.41) is 8.76.